The Labute approximate surface area is 484 Å². The van der Waals surface area contributed by atoms with E-state index in [4.69, 9.17) is 9.47 Å². The second kappa shape index (κ2) is 38.8. The Kier molecular flexibility index (Phi) is 39.5. The lowest BCUT2D eigenvalue weighted by molar-refractivity contribution is -1.03. The van der Waals surface area contributed by atoms with Crippen LogP contribution in [0.2, 0.25) is 0 Å². The number of carbonyl (C=O) groups excluding carboxylic acids is 3. The number of ether oxygens (including phenoxy) is 2. The predicted octanol–water partition coefficient (Wildman–Crippen LogP) is 3.83. The molecule has 3 aliphatic rings. The van der Waals surface area contributed by atoms with E-state index in [1.807, 2.05) is 14.1 Å². The van der Waals surface area contributed by atoms with Crippen LogP contribution in [-0.2, 0) is 64.3 Å². The van der Waals surface area contributed by atoms with Crippen molar-refractivity contribution in [3.63, 3.8) is 0 Å². The number of quaternary nitrogens is 4. The molecule has 0 radical (unpaired) electrons. The van der Waals surface area contributed by atoms with Crippen LogP contribution in [0, 0.1) is 0 Å². The van der Waals surface area contributed by atoms with Gasteiger partial charge < -0.3 is 46.0 Å². The van der Waals surface area contributed by atoms with Gasteiger partial charge in [0, 0.05) is 72.9 Å². The Morgan fingerprint density at radius 1 is 0.475 bits per heavy atom. The van der Waals surface area contributed by atoms with Crippen LogP contribution in [0.1, 0.15) is 120 Å². The molecule has 1 amide bonds. The zero-order chi connectivity index (χ0) is 58.6. The van der Waals surface area contributed by atoms with Crippen molar-refractivity contribution in [1.29, 1.82) is 0 Å². The highest BCUT2D eigenvalue weighted by Gasteiger charge is 2.40. The molecule has 27 heteroatoms. The van der Waals surface area contributed by atoms with Crippen molar-refractivity contribution in [2.75, 3.05) is 169 Å². The zero-order valence-electron chi connectivity index (χ0n) is 46.9. The molecule has 0 saturated carbocycles. The van der Waals surface area contributed by atoms with E-state index in [2.05, 4.69) is 31.7 Å². The van der Waals surface area contributed by atoms with Crippen LogP contribution in [0.5, 0.6) is 0 Å². The Morgan fingerprint density at radius 2 is 0.800 bits per heavy atom. The highest BCUT2D eigenvalue weighted by Crippen LogP contribution is 2.21. The first-order valence-electron chi connectivity index (χ1n) is 26.9. The molecule has 0 atom stereocenters. The molecule has 3 fully saturated rings. The normalized spacial score (nSPS) is 20.0. The number of likely N-dealkylation sites (N-methyl/N-ethyl adjacent to an activating group) is 3. The van der Waals surface area contributed by atoms with Gasteiger partial charge in [0.2, 0.25) is 12.6 Å². The largest absolute Gasteiger partial charge is 0.748 e. The molecule has 3 saturated heterocycles. The van der Waals surface area contributed by atoms with Crippen LogP contribution in [-0.4, -0.2) is 266 Å². The summed E-state index contributed by atoms with van der Waals surface area (Å²) in [5.74, 6) is -2.31. The van der Waals surface area contributed by atoms with Gasteiger partial charge in [-0.3, -0.25) is 14.2 Å². The second-order valence-electron chi connectivity index (χ2n) is 22.2. The Hall–Kier alpha value is -2.93. The Morgan fingerprint density at radius 3 is 1.16 bits per heavy atom. The van der Waals surface area contributed by atoms with Gasteiger partial charge in [0.1, 0.15) is 26.2 Å². The lowest BCUT2D eigenvalue weighted by Crippen LogP contribution is -2.66. The van der Waals surface area contributed by atoms with Gasteiger partial charge in [-0.2, -0.15) is 0 Å². The first-order valence-corrected chi connectivity index (χ1v) is 33.2. The van der Waals surface area contributed by atoms with Gasteiger partial charge in [0.05, 0.1) is 134 Å². The molecular weight excluding hydrogens is 1120 g/mol. The SMILES string of the molecule is C.C.C.C=C(C)C(=O)OCCCCCCCCCCCN1CC[N+](C)(CCCS(=O)(=O)[O-])CC1.C=C(C)C(=O)OC[N+]1(CCCS(=O)(=O)[O-])CC[N+](C)(CCCS(=O)(=O)[O-])CC1.C=CC(=O)N1CC[N+](C)(CCCS(=O)(=O)[O-])CC1. The molecule has 3 heterocycles. The quantitative estimate of drug-likeness (QED) is 0.0296. The molecule has 23 nitrogen and oxygen atoms in total. The minimum atomic E-state index is -4.32. The minimum absolute atomic E-state index is 0. The molecular formula is C53H106N6O17S4. The summed E-state index contributed by atoms with van der Waals surface area (Å²) in [5.41, 5.74) is 0.724. The summed E-state index contributed by atoms with van der Waals surface area (Å²) in [5, 5.41) is 0. The average Bonchev–Trinajstić information content (AvgIpc) is 3.31. The van der Waals surface area contributed by atoms with Crippen molar-refractivity contribution in [1.82, 2.24) is 9.80 Å². The summed E-state index contributed by atoms with van der Waals surface area (Å²) in [6, 6.07) is 0. The number of hydrogen-bond acceptors (Lipinski definition) is 18. The molecule has 3 rings (SSSR count). The van der Waals surface area contributed by atoms with E-state index in [1.165, 1.54) is 57.9 Å². The first-order chi connectivity index (χ1) is 35.5. The summed E-state index contributed by atoms with van der Waals surface area (Å²) >= 11 is 0. The molecule has 80 heavy (non-hydrogen) atoms. The van der Waals surface area contributed by atoms with E-state index in [0.717, 1.165) is 69.7 Å². The summed E-state index contributed by atoms with van der Waals surface area (Å²) < 4.78 is 142. The fourth-order valence-electron chi connectivity index (χ4n) is 9.46. The third kappa shape index (κ3) is 39.5. The third-order valence-electron chi connectivity index (χ3n) is 14.8. The Bertz CT molecular complexity index is 2310. The van der Waals surface area contributed by atoms with Crippen molar-refractivity contribution in [3.05, 3.63) is 37.0 Å². The number of nitrogens with zero attached hydrogens (tertiary/aromatic N) is 6. The van der Waals surface area contributed by atoms with Crippen LogP contribution in [0.3, 0.4) is 0 Å². The van der Waals surface area contributed by atoms with Crippen LogP contribution in [0.25, 0.3) is 0 Å². The maximum Gasteiger partial charge on any atom is 0.337 e. The number of unbranched alkanes of at least 4 members (excludes halogenated alkanes) is 8. The first kappa shape index (κ1) is 81.3. The van der Waals surface area contributed by atoms with E-state index in [-0.39, 0.29) is 70.8 Å². The summed E-state index contributed by atoms with van der Waals surface area (Å²) in [7, 11) is -10.6. The van der Waals surface area contributed by atoms with E-state index in [0.29, 0.717) is 97.4 Å². The average molecular weight is 1230 g/mol. The standard InChI is InChI=1S/C23H44N2O5S.C16H30N2O8S2.C11H20N2O4S.3CH4/c1-22(2)23(26)30-20-12-10-8-6-4-5-7-9-11-14-24-15-18-25(3,19-16-24)17-13-21-31(27,28)29;1-15(2)16(19)26-14-18(7-5-13-28(23,24)25)10-8-17(3,9-11-18)6-4-12-27(20,21)22;1-3-11(14)12-5-8-13(2,9-6-12)7-4-10-18(15,16)17;;;/h1,4-21H2,2-3H3;1,4-14H2,2-3H3;3H,1,4-10H2,2H3;3*1H4. The lowest BCUT2D eigenvalue weighted by atomic mass is 10.1. The minimum Gasteiger partial charge on any atom is -0.748 e. The zero-order valence-corrected chi connectivity index (χ0v) is 50.2. The van der Waals surface area contributed by atoms with Gasteiger partial charge in [-0.05, 0) is 39.3 Å². The van der Waals surface area contributed by atoms with E-state index in [1.54, 1.807) is 11.8 Å². The smallest absolute Gasteiger partial charge is 0.337 e. The van der Waals surface area contributed by atoms with Crippen molar-refractivity contribution in [2.45, 2.75) is 120 Å². The lowest BCUT2D eigenvalue weighted by Gasteiger charge is -2.47. The number of esters is 2. The van der Waals surface area contributed by atoms with Crippen LogP contribution in [0.4, 0.5) is 0 Å². The van der Waals surface area contributed by atoms with Gasteiger partial charge in [-0.15, -0.1) is 0 Å². The topological polar surface area (TPSA) is 305 Å². The fraction of sp³-hybridized carbons (Fsp3) is 0.830. The maximum absolute atomic E-state index is 11.8. The molecule has 0 aromatic rings. The molecule has 0 aromatic carbocycles. The predicted molar refractivity (Wildman–Crippen MR) is 310 cm³/mol. The maximum atomic E-state index is 11.8. The molecule has 0 aliphatic carbocycles. The molecule has 474 valence electrons. The molecule has 0 unspecified atom stereocenters. The van der Waals surface area contributed by atoms with Crippen LogP contribution in [0.15, 0.2) is 37.0 Å². The van der Waals surface area contributed by atoms with Gasteiger partial charge in [0.25, 0.3) is 0 Å². The van der Waals surface area contributed by atoms with Crippen LogP contribution < -0.4 is 0 Å². The number of amides is 1. The number of piperazine rings is 3. The van der Waals surface area contributed by atoms with Gasteiger partial charge >= 0.3 is 11.9 Å². The van der Waals surface area contributed by atoms with Crippen molar-refractivity contribution in [2.24, 2.45) is 0 Å². The highest BCUT2D eigenvalue weighted by atomic mass is 32.2. The molecule has 0 bridgehead atoms. The molecule has 0 N–H and O–H groups in total. The van der Waals surface area contributed by atoms with Crippen LogP contribution >= 0.6 is 0 Å². The number of carbonyl (C=O) groups is 3. The van der Waals surface area contributed by atoms with E-state index in [9.17, 15) is 66.3 Å². The van der Waals surface area contributed by atoms with Gasteiger partial charge in [-0.25, -0.2) is 43.3 Å². The number of hydrogen-bond donors (Lipinski definition) is 0. The van der Waals surface area contributed by atoms with Crippen molar-refractivity contribution >= 4 is 58.3 Å². The fourth-order valence-corrected chi connectivity index (χ4v) is 11.4. The van der Waals surface area contributed by atoms with E-state index >= 15 is 0 Å². The highest BCUT2D eigenvalue weighted by molar-refractivity contribution is 7.86. The van der Waals surface area contributed by atoms with Crippen molar-refractivity contribution in [3.8, 4) is 0 Å². The van der Waals surface area contributed by atoms with Gasteiger partial charge in [-0.1, -0.05) is 87.0 Å². The van der Waals surface area contributed by atoms with Gasteiger partial charge in [0.15, 0.2) is 0 Å². The molecule has 0 aromatic heterocycles. The van der Waals surface area contributed by atoms with E-state index < -0.39 is 57.9 Å². The van der Waals surface area contributed by atoms with Crippen molar-refractivity contribution < 1.29 is 93.7 Å². The summed E-state index contributed by atoms with van der Waals surface area (Å²) in [4.78, 5) is 38.7. The summed E-state index contributed by atoms with van der Waals surface area (Å²) in [6.45, 7) is 27.3. The number of rotatable bonds is 33. The monoisotopic (exact) mass is 1230 g/mol. The Balaban J connectivity index is -0.00000113. The molecule has 0 spiro atoms. The summed E-state index contributed by atoms with van der Waals surface area (Å²) in [6.07, 6.45) is 13.5. The molecule has 3 aliphatic heterocycles. The third-order valence-corrected chi connectivity index (χ3v) is 17.9. The second-order valence-corrected chi connectivity index (χ2v) is 28.2.